The van der Waals surface area contributed by atoms with Gasteiger partial charge >= 0.3 is 0 Å². The molecule has 0 bridgehead atoms. The van der Waals surface area contributed by atoms with Crippen molar-refractivity contribution in [3.63, 3.8) is 0 Å². The standard InChI is InChI=1S/C20H18ClNO/c1-14-11-17(21)8-9-18(14)16-7-10-20(19(22)12-16)23-13-15-5-3-2-4-6-15/h2-12H,13,22H2,1H3. The molecule has 0 amide bonds. The Morgan fingerprint density at radius 2 is 1.74 bits per heavy atom. The number of benzene rings is 3. The van der Waals surface area contributed by atoms with Crippen LogP contribution in [0.3, 0.4) is 0 Å². The predicted octanol–water partition coefficient (Wildman–Crippen LogP) is 5.48. The van der Waals surface area contributed by atoms with E-state index >= 15 is 0 Å². The van der Waals surface area contributed by atoms with Crippen LogP contribution in [0.2, 0.25) is 5.02 Å². The quantitative estimate of drug-likeness (QED) is 0.645. The number of hydrogen-bond acceptors (Lipinski definition) is 2. The second-order valence-corrected chi connectivity index (χ2v) is 5.92. The maximum Gasteiger partial charge on any atom is 0.142 e. The van der Waals surface area contributed by atoms with Gasteiger partial charge in [0.25, 0.3) is 0 Å². The van der Waals surface area contributed by atoms with E-state index in [1.807, 2.05) is 73.7 Å². The molecule has 0 fully saturated rings. The van der Waals surface area contributed by atoms with Crippen LogP contribution in [0.25, 0.3) is 11.1 Å². The Morgan fingerprint density at radius 3 is 2.43 bits per heavy atom. The van der Waals surface area contributed by atoms with Gasteiger partial charge in [-0.05, 0) is 53.4 Å². The lowest BCUT2D eigenvalue weighted by molar-refractivity contribution is 0.308. The van der Waals surface area contributed by atoms with Gasteiger partial charge in [0.1, 0.15) is 12.4 Å². The largest absolute Gasteiger partial charge is 0.487 e. The predicted molar refractivity (Wildman–Crippen MR) is 96.8 cm³/mol. The molecule has 0 unspecified atom stereocenters. The lowest BCUT2D eigenvalue weighted by Gasteiger charge is -2.12. The van der Waals surface area contributed by atoms with E-state index < -0.39 is 0 Å². The monoisotopic (exact) mass is 323 g/mol. The first-order valence-corrected chi connectivity index (χ1v) is 7.84. The van der Waals surface area contributed by atoms with Crippen LogP contribution >= 0.6 is 11.6 Å². The first-order chi connectivity index (χ1) is 11.1. The number of hydrogen-bond donors (Lipinski definition) is 1. The zero-order valence-corrected chi connectivity index (χ0v) is 13.7. The molecular weight excluding hydrogens is 306 g/mol. The number of aryl methyl sites for hydroxylation is 1. The molecule has 0 aliphatic heterocycles. The van der Waals surface area contributed by atoms with E-state index in [9.17, 15) is 0 Å². The molecule has 3 heteroatoms. The molecule has 116 valence electrons. The van der Waals surface area contributed by atoms with Crippen LogP contribution in [0.1, 0.15) is 11.1 Å². The van der Waals surface area contributed by atoms with Crippen molar-refractivity contribution in [2.24, 2.45) is 0 Å². The molecule has 3 aromatic carbocycles. The Morgan fingerprint density at radius 1 is 0.957 bits per heavy atom. The van der Waals surface area contributed by atoms with Crippen molar-refractivity contribution in [3.05, 3.63) is 82.9 Å². The highest BCUT2D eigenvalue weighted by Gasteiger charge is 2.07. The third kappa shape index (κ3) is 3.66. The zero-order chi connectivity index (χ0) is 16.2. The van der Waals surface area contributed by atoms with Crippen molar-refractivity contribution in [2.75, 3.05) is 5.73 Å². The van der Waals surface area contributed by atoms with Crippen LogP contribution in [0.4, 0.5) is 5.69 Å². The Kier molecular flexibility index (Phi) is 4.54. The molecule has 0 saturated carbocycles. The summed E-state index contributed by atoms with van der Waals surface area (Å²) >= 11 is 6.02. The molecule has 2 nitrogen and oxygen atoms in total. The Hall–Kier alpha value is -2.45. The van der Waals surface area contributed by atoms with Gasteiger partial charge in [-0.15, -0.1) is 0 Å². The van der Waals surface area contributed by atoms with Gasteiger partial charge in [0.05, 0.1) is 5.69 Å². The van der Waals surface area contributed by atoms with E-state index in [4.69, 9.17) is 22.1 Å². The minimum atomic E-state index is 0.504. The van der Waals surface area contributed by atoms with Gasteiger partial charge in [-0.25, -0.2) is 0 Å². The van der Waals surface area contributed by atoms with E-state index in [0.717, 1.165) is 27.3 Å². The molecule has 2 N–H and O–H groups in total. The summed E-state index contributed by atoms with van der Waals surface area (Å²) in [5, 5.41) is 0.738. The highest BCUT2D eigenvalue weighted by Crippen LogP contribution is 2.31. The fraction of sp³-hybridized carbons (Fsp3) is 0.100. The van der Waals surface area contributed by atoms with Gasteiger partial charge < -0.3 is 10.5 Å². The van der Waals surface area contributed by atoms with Crippen LogP contribution in [-0.4, -0.2) is 0 Å². The number of ether oxygens (including phenoxy) is 1. The molecule has 0 heterocycles. The Labute approximate surface area is 141 Å². The third-order valence-electron chi connectivity index (χ3n) is 3.75. The summed E-state index contributed by atoms with van der Waals surface area (Å²) in [6.45, 7) is 2.54. The molecule has 0 spiro atoms. The van der Waals surface area contributed by atoms with Crippen LogP contribution in [0.5, 0.6) is 5.75 Å². The molecule has 0 aliphatic carbocycles. The van der Waals surface area contributed by atoms with Crippen LogP contribution in [-0.2, 0) is 6.61 Å². The average Bonchev–Trinajstić information content (AvgIpc) is 2.55. The molecule has 0 aliphatic rings. The fourth-order valence-corrected chi connectivity index (χ4v) is 2.76. The van der Waals surface area contributed by atoms with E-state index in [1.54, 1.807) is 0 Å². The second kappa shape index (κ2) is 6.76. The summed E-state index contributed by atoms with van der Waals surface area (Å²) < 4.78 is 5.82. The van der Waals surface area contributed by atoms with Crippen LogP contribution in [0, 0.1) is 6.92 Å². The smallest absolute Gasteiger partial charge is 0.142 e. The van der Waals surface area contributed by atoms with Crippen LogP contribution < -0.4 is 10.5 Å². The number of nitrogen functional groups attached to an aromatic ring is 1. The van der Waals surface area contributed by atoms with Crippen molar-refractivity contribution < 1.29 is 4.74 Å². The van der Waals surface area contributed by atoms with E-state index in [-0.39, 0.29) is 0 Å². The highest BCUT2D eigenvalue weighted by molar-refractivity contribution is 6.30. The Bertz CT molecular complexity index is 815. The molecule has 0 saturated heterocycles. The van der Waals surface area contributed by atoms with Crippen molar-refractivity contribution in [3.8, 4) is 16.9 Å². The molecule has 23 heavy (non-hydrogen) atoms. The minimum Gasteiger partial charge on any atom is -0.487 e. The molecule has 3 rings (SSSR count). The summed E-state index contributed by atoms with van der Waals surface area (Å²) in [7, 11) is 0. The van der Waals surface area contributed by atoms with Crippen molar-refractivity contribution in [1.82, 2.24) is 0 Å². The summed E-state index contributed by atoms with van der Waals surface area (Å²) in [6, 6.07) is 21.8. The fourth-order valence-electron chi connectivity index (χ4n) is 2.53. The van der Waals surface area contributed by atoms with Gasteiger partial charge in [-0.2, -0.15) is 0 Å². The van der Waals surface area contributed by atoms with E-state index in [1.165, 1.54) is 0 Å². The first-order valence-electron chi connectivity index (χ1n) is 7.46. The minimum absolute atomic E-state index is 0.504. The number of halogens is 1. The van der Waals surface area contributed by atoms with Crippen molar-refractivity contribution in [1.29, 1.82) is 0 Å². The van der Waals surface area contributed by atoms with Gasteiger partial charge in [0, 0.05) is 5.02 Å². The maximum atomic E-state index is 6.15. The zero-order valence-electron chi connectivity index (χ0n) is 12.9. The topological polar surface area (TPSA) is 35.2 Å². The number of nitrogens with two attached hydrogens (primary N) is 1. The van der Waals surface area contributed by atoms with Crippen molar-refractivity contribution in [2.45, 2.75) is 13.5 Å². The Balaban J connectivity index is 1.80. The summed E-state index contributed by atoms with van der Waals surface area (Å²) in [5.41, 5.74) is 11.2. The SMILES string of the molecule is Cc1cc(Cl)ccc1-c1ccc(OCc2ccccc2)c(N)c1. The molecule has 3 aromatic rings. The molecule has 0 atom stereocenters. The first kappa shape index (κ1) is 15.4. The van der Waals surface area contributed by atoms with Crippen molar-refractivity contribution >= 4 is 17.3 Å². The number of anilines is 1. The van der Waals surface area contributed by atoms with E-state index in [0.29, 0.717) is 18.0 Å². The van der Waals surface area contributed by atoms with Gasteiger partial charge in [0.15, 0.2) is 0 Å². The van der Waals surface area contributed by atoms with E-state index in [2.05, 4.69) is 0 Å². The highest BCUT2D eigenvalue weighted by atomic mass is 35.5. The molecule has 0 aromatic heterocycles. The molecular formula is C20H18ClNO. The summed E-state index contributed by atoms with van der Waals surface area (Å²) in [5.74, 6) is 0.698. The molecule has 0 radical (unpaired) electrons. The normalized spacial score (nSPS) is 10.5. The third-order valence-corrected chi connectivity index (χ3v) is 3.98. The van der Waals surface area contributed by atoms with Gasteiger partial charge in [0.2, 0.25) is 0 Å². The van der Waals surface area contributed by atoms with Crippen LogP contribution in [0.15, 0.2) is 66.7 Å². The van der Waals surface area contributed by atoms with Gasteiger partial charge in [-0.1, -0.05) is 54.1 Å². The average molecular weight is 324 g/mol. The summed E-state index contributed by atoms with van der Waals surface area (Å²) in [6.07, 6.45) is 0. The lowest BCUT2D eigenvalue weighted by Crippen LogP contribution is -1.99. The summed E-state index contributed by atoms with van der Waals surface area (Å²) in [4.78, 5) is 0. The number of rotatable bonds is 4. The van der Waals surface area contributed by atoms with Gasteiger partial charge in [-0.3, -0.25) is 0 Å². The lowest BCUT2D eigenvalue weighted by atomic mass is 10.00. The maximum absolute atomic E-state index is 6.15. The second-order valence-electron chi connectivity index (χ2n) is 5.49.